The number of anilines is 1. The van der Waals surface area contributed by atoms with Crippen LogP contribution in [0.3, 0.4) is 0 Å². The number of fused-ring (bicyclic) bond motifs is 1. The molecular formula is C31H43F6N7. The Morgan fingerprint density at radius 3 is 1.91 bits per heavy atom. The van der Waals surface area contributed by atoms with E-state index in [2.05, 4.69) is 23.0 Å². The molecule has 0 aliphatic heterocycles. The maximum absolute atomic E-state index is 13.6. The van der Waals surface area contributed by atoms with Crippen LogP contribution in [0.25, 0.3) is 0 Å². The van der Waals surface area contributed by atoms with E-state index in [0.29, 0.717) is 17.8 Å². The maximum Gasteiger partial charge on any atom is 0.416 e. The number of rotatable bonds is 10. The molecule has 244 valence electrons. The molecular weight excluding hydrogens is 584 g/mol. The zero-order chi connectivity index (χ0) is 32.4. The number of hydrazine groups is 1. The number of alkyl halides is 6. The molecule has 0 bridgehead atoms. The zero-order valence-electron chi connectivity index (χ0n) is 25.8. The fourth-order valence-corrected chi connectivity index (χ4v) is 5.58. The smallest absolute Gasteiger partial charge is 0.368 e. The number of hydrogen-bond acceptors (Lipinski definition) is 5. The molecule has 1 aromatic carbocycles. The third kappa shape index (κ3) is 8.70. The molecule has 0 amide bonds. The topological polar surface area (TPSA) is 87.0 Å². The Labute approximate surface area is 255 Å². The molecule has 3 aliphatic rings. The number of hydrazone groups is 1. The van der Waals surface area contributed by atoms with Gasteiger partial charge in [-0.2, -0.15) is 26.3 Å². The van der Waals surface area contributed by atoms with E-state index in [1.807, 2.05) is 13.8 Å². The first-order valence-electron chi connectivity index (χ1n) is 15.3. The van der Waals surface area contributed by atoms with Crippen LogP contribution in [0.2, 0.25) is 0 Å². The lowest BCUT2D eigenvalue weighted by molar-refractivity contribution is -0.143. The minimum absolute atomic E-state index is 0.0800. The van der Waals surface area contributed by atoms with Crippen LogP contribution in [0.1, 0.15) is 92.3 Å². The van der Waals surface area contributed by atoms with E-state index in [9.17, 15) is 26.3 Å². The van der Waals surface area contributed by atoms with E-state index in [0.717, 1.165) is 91.5 Å². The highest BCUT2D eigenvalue weighted by Gasteiger charge is 2.37. The van der Waals surface area contributed by atoms with Crippen molar-refractivity contribution < 1.29 is 26.3 Å². The summed E-state index contributed by atoms with van der Waals surface area (Å²) < 4.78 is 81.6. The number of guanidine groups is 1. The van der Waals surface area contributed by atoms with Gasteiger partial charge in [-0.25, -0.2) is 15.9 Å². The van der Waals surface area contributed by atoms with Gasteiger partial charge in [0.05, 0.1) is 11.1 Å². The monoisotopic (exact) mass is 627 g/mol. The first kappa shape index (κ1) is 33.7. The van der Waals surface area contributed by atoms with Crippen molar-refractivity contribution in [2.45, 2.75) is 90.7 Å². The summed E-state index contributed by atoms with van der Waals surface area (Å²) in [6, 6.07) is 3.64. The molecule has 2 fully saturated rings. The molecule has 3 aliphatic carbocycles. The Bertz CT molecular complexity index is 1270. The highest BCUT2D eigenvalue weighted by atomic mass is 19.4. The summed E-state index contributed by atoms with van der Waals surface area (Å²) in [6.07, 6.45) is -3.48. The van der Waals surface area contributed by atoms with Gasteiger partial charge in [0.2, 0.25) is 5.96 Å². The number of halogens is 6. The van der Waals surface area contributed by atoms with E-state index >= 15 is 0 Å². The van der Waals surface area contributed by atoms with Crippen LogP contribution >= 0.6 is 0 Å². The van der Waals surface area contributed by atoms with Crippen LogP contribution in [0.5, 0.6) is 0 Å². The third-order valence-corrected chi connectivity index (χ3v) is 8.12. The molecule has 44 heavy (non-hydrogen) atoms. The second-order valence-corrected chi connectivity index (χ2v) is 12.0. The number of nitrogens with zero attached hydrogens (tertiary/aromatic N) is 5. The predicted molar refractivity (Wildman–Crippen MR) is 159 cm³/mol. The van der Waals surface area contributed by atoms with Gasteiger partial charge in [0, 0.05) is 44.5 Å². The Balaban J connectivity index is 0.00000216. The largest absolute Gasteiger partial charge is 0.416 e. The van der Waals surface area contributed by atoms with Gasteiger partial charge in [-0.15, -0.1) is 5.10 Å². The summed E-state index contributed by atoms with van der Waals surface area (Å²) in [6.45, 7) is 7.60. The molecule has 2 saturated carbocycles. The molecule has 1 aromatic heterocycles. The Morgan fingerprint density at radius 2 is 1.43 bits per heavy atom. The van der Waals surface area contributed by atoms with Gasteiger partial charge in [0.25, 0.3) is 0 Å². The molecule has 1 heterocycles. The van der Waals surface area contributed by atoms with Crippen molar-refractivity contribution >= 4 is 11.8 Å². The summed E-state index contributed by atoms with van der Waals surface area (Å²) >= 11 is 0. The fraction of sp³-hybridized carbons (Fsp3) is 0.613. The van der Waals surface area contributed by atoms with Crippen LogP contribution in [0.15, 0.2) is 29.4 Å². The lowest BCUT2D eigenvalue weighted by Crippen LogP contribution is -2.40. The molecule has 1 unspecified atom stereocenters. The SMILES string of the molecule is CC.CC1CCc2cc(CN(Cc3cc(C(F)(F)F)cc(C(F)(F)F)c3)/C(N)=N/N(C)N)c(N(CC3CC3)CC3CC3)nc21. The van der Waals surface area contributed by atoms with Crippen molar-refractivity contribution in [3.05, 3.63) is 57.8 Å². The van der Waals surface area contributed by atoms with Crippen molar-refractivity contribution in [1.82, 2.24) is 15.0 Å². The van der Waals surface area contributed by atoms with Crippen molar-refractivity contribution in [2.75, 3.05) is 25.0 Å². The van der Waals surface area contributed by atoms with Crippen LogP contribution in [0, 0.1) is 11.8 Å². The molecule has 1 atom stereocenters. The average molecular weight is 628 g/mol. The first-order chi connectivity index (χ1) is 20.7. The van der Waals surface area contributed by atoms with Crippen molar-refractivity contribution in [3.63, 3.8) is 0 Å². The van der Waals surface area contributed by atoms with Crippen LogP contribution in [0.4, 0.5) is 32.2 Å². The van der Waals surface area contributed by atoms with Gasteiger partial charge >= 0.3 is 12.4 Å². The molecule has 2 aromatic rings. The predicted octanol–water partition coefficient (Wildman–Crippen LogP) is 6.86. The molecule has 5 rings (SSSR count). The van der Waals surface area contributed by atoms with Gasteiger partial charge in [-0.3, -0.25) is 0 Å². The van der Waals surface area contributed by atoms with Crippen LogP contribution in [-0.4, -0.2) is 41.1 Å². The zero-order valence-corrected chi connectivity index (χ0v) is 25.8. The number of benzene rings is 1. The highest BCUT2D eigenvalue weighted by Crippen LogP contribution is 2.40. The second-order valence-electron chi connectivity index (χ2n) is 12.0. The summed E-state index contributed by atoms with van der Waals surface area (Å²) in [5, 5.41) is 4.99. The normalized spacial score (nSPS) is 18.4. The number of hydrogen-bond donors (Lipinski definition) is 2. The van der Waals surface area contributed by atoms with Gasteiger partial charge in [0.15, 0.2) is 0 Å². The highest BCUT2D eigenvalue weighted by molar-refractivity contribution is 5.78. The molecule has 0 spiro atoms. The average Bonchev–Trinajstić information content (AvgIpc) is 3.88. The van der Waals surface area contributed by atoms with E-state index in [1.54, 1.807) is 0 Å². The fourth-order valence-electron chi connectivity index (χ4n) is 5.58. The van der Waals surface area contributed by atoms with E-state index < -0.39 is 23.5 Å². The third-order valence-electron chi connectivity index (χ3n) is 8.12. The standard InChI is InChI=1S/C29H37F6N7.C2H6/c1-17-3-8-21-11-22(26(38-25(17)21)41(13-18-4-5-18)14-19-6-7-19)16-42(27(36)39-40(2)37)15-20-9-23(28(30,31)32)12-24(10-20)29(33,34)35;1-2/h9-12,17-19H,3-8,13-16,37H2,1-2H3,(H2,36,39);1-2H3. The number of pyridine rings is 1. The summed E-state index contributed by atoms with van der Waals surface area (Å²) in [4.78, 5) is 8.93. The number of nitrogens with two attached hydrogens (primary N) is 2. The Morgan fingerprint density at radius 1 is 0.886 bits per heavy atom. The quantitative estimate of drug-likeness (QED) is 0.0985. The molecule has 7 nitrogen and oxygen atoms in total. The maximum atomic E-state index is 13.6. The van der Waals surface area contributed by atoms with Crippen LogP contribution in [-0.2, 0) is 31.9 Å². The lowest BCUT2D eigenvalue weighted by atomic mass is 10.0. The summed E-state index contributed by atoms with van der Waals surface area (Å²) in [5.74, 6) is 7.84. The lowest BCUT2D eigenvalue weighted by Gasteiger charge is -2.31. The molecule has 0 radical (unpaired) electrons. The second kappa shape index (κ2) is 13.4. The summed E-state index contributed by atoms with van der Waals surface area (Å²) in [5.41, 5.74) is 6.28. The summed E-state index contributed by atoms with van der Waals surface area (Å²) in [7, 11) is 1.42. The van der Waals surface area contributed by atoms with E-state index in [-0.39, 0.29) is 30.7 Å². The minimum Gasteiger partial charge on any atom is -0.368 e. The number of aromatic nitrogens is 1. The van der Waals surface area contributed by atoms with E-state index in [4.69, 9.17) is 16.6 Å². The first-order valence-corrected chi connectivity index (χ1v) is 15.3. The number of aryl methyl sites for hydroxylation is 1. The molecule has 4 N–H and O–H groups in total. The molecule has 0 saturated heterocycles. The van der Waals surface area contributed by atoms with Crippen molar-refractivity contribution in [3.8, 4) is 0 Å². The van der Waals surface area contributed by atoms with Crippen LogP contribution < -0.4 is 16.5 Å². The van der Waals surface area contributed by atoms with Gasteiger partial charge < -0.3 is 15.5 Å². The van der Waals surface area contributed by atoms with Crippen molar-refractivity contribution in [2.24, 2.45) is 28.5 Å². The van der Waals surface area contributed by atoms with Crippen molar-refractivity contribution in [1.29, 1.82) is 0 Å². The van der Waals surface area contributed by atoms with E-state index in [1.165, 1.54) is 11.9 Å². The van der Waals surface area contributed by atoms with Gasteiger partial charge in [-0.1, -0.05) is 20.8 Å². The Kier molecular flexibility index (Phi) is 10.3. The van der Waals surface area contributed by atoms with Gasteiger partial charge in [0.1, 0.15) is 5.82 Å². The Hall–Kier alpha value is -3.22. The molecule has 13 heteroatoms. The minimum atomic E-state index is -4.96. The van der Waals surface area contributed by atoms with Gasteiger partial charge in [-0.05, 0) is 91.7 Å².